The van der Waals surface area contributed by atoms with Crippen molar-refractivity contribution in [1.29, 1.82) is 0 Å². The number of nitrogens with one attached hydrogen (secondary N) is 2. The molecule has 150 valence electrons. The van der Waals surface area contributed by atoms with E-state index in [2.05, 4.69) is 10.6 Å². The van der Waals surface area contributed by atoms with Crippen LogP contribution in [0.1, 0.15) is 43.5 Å². The van der Waals surface area contributed by atoms with Gasteiger partial charge in [-0.3, -0.25) is 9.59 Å². The normalized spacial score (nSPS) is 13.4. The van der Waals surface area contributed by atoms with E-state index in [1.54, 1.807) is 36.4 Å². The second kappa shape index (κ2) is 9.21. The fourth-order valence-electron chi connectivity index (χ4n) is 2.77. The summed E-state index contributed by atoms with van der Waals surface area (Å²) in [4.78, 5) is 24.2. The summed E-state index contributed by atoms with van der Waals surface area (Å²) in [6, 6.07) is 12.5. The van der Waals surface area contributed by atoms with Gasteiger partial charge in [-0.25, -0.2) is 8.42 Å². The number of halogens is 1. The number of carbonyl (C=O) groups excluding carboxylic acids is 2. The van der Waals surface area contributed by atoms with Crippen molar-refractivity contribution in [1.82, 2.24) is 10.6 Å². The highest BCUT2D eigenvalue weighted by atomic mass is 35.5. The van der Waals surface area contributed by atoms with Gasteiger partial charge >= 0.3 is 0 Å². The number of sulfone groups is 1. The Morgan fingerprint density at radius 2 is 1.50 bits per heavy atom. The number of benzene rings is 2. The molecule has 0 aliphatic heterocycles. The smallest absolute Gasteiger partial charge is 0.222 e. The Hall–Kier alpha value is -2.38. The van der Waals surface area contributed by atoms with Crippen molar-refractivity contribution in [2.75, 3.05) is 6.26 Å². The predicted molar refractivity (Wildman–Crippen MR) is 109 cm³/mol. The summed E-state index contributed by atoms with van der Waals surface area (Å²) in [6.45, 7) is 3.20. The van der Waals surface area contributed by atoms with Gasteiger partial charge < -0.3 is 10.6 Å². The fourth-order valence-corrected chi connectivity index (χ4v) is 3.52. The Bertz CT molecular complexity index is 941. The molecule has 0 radical (unpaired) electrons. The third kappa shape index (κ3) is 6.35. The lowest BCUT2D eigenvalue weighted by Gasteiger charge is -2.20. The Kier molecular flexibility index (Phi) is 7.21. The van der Waals surface area contributed by atoms with Crippen LogP contribution >= 0.6 is 11.6 Å². The molecule has 0 spiro atoms. The van der Waals surface area contributed by atoms with Gasteiger partial charge in [0, 0.05) is 18.2 Å². The van der Waals surface area contributed by atoms with Gasteiger partial charge in [0.05, 0.1) is 23.4 Å². The SMILES string of the molecule is CC(=O)NC(CC(=O)NC(C)c1ccc(S(C)(=O)=O)cc1)c1ccc(Cl)cc1. The average Bonchev–Trinajstić information content (AvgIpc) is 2.60. The molecule has 0 aliphatic carbocycles. The summed E-state index contributed by atoms with van der Waals surface area (Å²) in [5.74, 6) is -0.481. The molecule has 0 heterocycles. The minimum Gasteiger partial charge on any atom is -0.350 e. The molecule has 8 heteroatoms. The molecule has 0 saturated carbocycles. The molecule has 0 aromatic heterocycles. The Balaban J connectivity index is 2.06. The largest absolute Gasteiger partial charge is 0.350 e. The first-order valence-electron chi connectivity index (χ1n) is 8.68. The Morgan fingerprint density at radius 1 is 0.964 bits per heavy atom. The van der Waals surface area contributed by atoms with Gasteiger partial charge in [-0.1, -0.05) is 35.9 Å². The van der Waals surface area contributed by atoms with Gasteiger partial charge in [-0.05, 0) is 42.3 Å². The lowest BCUT2D eigenvalue weighted by atomic mass is 10.0. The van der Waals surface area contributed by atoms with E-state index in [1.807, 2.05) is 6.92 Å². The Labute approximate surface area is 170 Å². The number of rotatable bonds is 7. The minimum absolute atomic E-state index is 0.0625. The monoisotopic (exact) mass is 422 g/mol. The fraction of sp³-hybridized carbons (Fsp3) is 0.300. The van der Waals surface area contributed by atoms with Crippen LogP contribution in [-0.4, -0.2) is 26.5 Å². The summed E-state index contributed by atoms with van der Waals surface area (Å²) in [5.41, 5.74) is 1.56. The van der Waals surface area contributed by atoms with E-state index in [1.165, 1.54) is 19.1 Å². The van der Waals surface area contributed by atoms with E-state index in [0.29, 0.717) is 5.02 Å². The van der Waals surface area contributed by atoms with Gasteiger partial charge in [0.15, 0.2) is 9.84 Å². The van der Waals surface area contributed by atoms with Crippen LogP contribution in [0.3, 0.4) is 0 Å². The molecule has 0 saturated heterocycles. The maximum Gasteiger partial charge on any atom is 0.222 e. The van der Waals surface area contributed by atoms with Crippen LogP contribution in [0.2, 0.25) is 5.02 Å². The summed E-state index contributed by atoms with van der Waals surface area (Å²) in [6.07, 6.45) is 1.21. The summed E-state index contributed by atoms with van der Waals surface area (Å²) in [7, 11) is -3.27. The predicted octanol–water partition coefficient (Wildman–Crippen LogP) is 3.19. The topological polar surface area (TPSA) is 92.3 Å². The van der Waals surface area contributed by atoms with Crippen LogP contribution < -0.4 is 10.6 Å². The van der Waals surface area contributed by atoms with Crippen LogP contribution in [0, 0.1) is 0 Å². The van der Waals surface area contributed by atoms with Gasteiger partial charge in [-0.15, -0.1) is 0 Å². The van der Waals surface area contributed by atoms with Gasteiger partial charge in [0.2, 0.25) is 11.8 Å². The van der Waals surface area contributed by atoms with Gasteiger partial charge in [0.25, 0.3) is 0 Å². The molecule has 0 fully saturated rings. The first kappa shape index (κ1) is 21.9. The molecule has 0 aliphatic rings. The number of carbonyl (C=O) groups is 2. The minimum atomic E-state index is -3.27. The van der Waals surface area contributed by atoms with Crippen molar-refractivity contribution in [3.63, 3.8) is 0 Å². The van der Waals surface area contributed by atoms with Crippen LogP contribution in [0.5, 0.6) is 0 Å². The average molecular weight is 423 g/mol. The molecule has 2 N–H and O–H groups in total. The van der Waals surface area contributed by atoms with Gasteiger partial charge in [0.1, 0.15) is 0 Å². The molecule has 2 unspecified atom stereocenters. The lowest BCUT2D eigenvalue weighted by Crippen LogP contribution is -2.33. The van der Waals surface area contributed by atoms with Crippen molar-refractivity contribution in [3.05, 3.63) is 64.7 Å². The number of hydrogen-bond donors (Lipinski definition) is 2. The van der Waals surface area contributed by atoms with E-state index in [-0.39, 0.29) is 29.2 Å². The lowest BCUT2D eigenvalue weighted by molar-refractivity contribution is -0.123. The van der Waals surface area contributed by atoms with E-state index >= 15 is 0 Å². The van der Waals surface area contributed by atoms with Crippen molar-refractivity contribution in [2.24, 2.45) is 0 Å². The zero-order valence-electron chi connectivity index (χ0n) is 15.9. The summed E-state index contributed by atoms with van der Waals surface area (Å²) < 4.78 is 23.1. The van der Waals surface area contributed by atoms with E-state index in [4.69, 9.17) is 11.6 Å². The van der Waals surface area contributed by atoms with Crippen LogP contribution in [-0.2, 0) is 19.4 Å². The van der Waals surface area contributed by atoms with Crippen LogP contribution in [0.25, 0.3) is 0 Å². The van der Waals surface area contributed by atoms with E-state index in [9.17, 15) is 18.0 Å². The highest BCUT2D eigenvalue weighted by Crippen LogP contribution is 2.21. The zero-order valence-corrected chi connectivity index (χ0v) is 17.5. The number of hydrogen-bond acceptors (Lipinski definition) is 4. The number of amides is 2. The third-order valence-electron chi connectivity index (χ3n) is 4.23. The summed E-state index contributed by atoms with van der Waals surface area (Å²) in [5, 5.41) is 6.22. The van der Waals surface area contributed by atoms with Crippen molar-refractivity contribution < 1.29 is 18.0 Å². The molecule has 6 nitrogen and oxygen atoms in total. The van der Waals surface area contributed by atoms with Gasteiger partial charge in [-0.2, -0.15) is 0 Å². The van der Waals surface area contributed by atoms with Crippen molar-refractivity contribution in [3.8, 4) is 0 Å². The quantitative estimate of drug-likeness (QED) is 0.716. The third-order valence-corrected chi connectivity index (χ3v) is 5.61. The molecule has 2 aromatic carbocycles. The first-order chi connectivity index (χ1) is 13.1. The summed E-state index contributed by atoms with van der Waals surface area (Å²) >= 11 is 5.90. The molecular formula is C20H23ClN2O4S. The first-order valence-corrected chi connectivity index (χ1v) is 10.9. The maximum atomic E-state index is 12.5. The molecule has 2 atom stereocenters. The molecule has 2 rings (SSSR count). The second-order valence-corrected chi connectivity index (χ2v) is 9.09. The van der Waals surface area contributed by atoms with E-state index in [0.717, 1.165) is 17.4 Å². The molecule has 0 bridgehead atoms. The highest BCUT2D eigenvalue weighted by Gasteiger charge is 2.19. The standard InChI is InChI=1S/C20H23ClN2O4S/c1-13(15-6-10-18(11-7-15)28(3,26)27)22-20(25)12-19(23-14(2)24)16-4-8-17(21)9-5-16/h4-11,13,19H,12H2,1-3H3,(H,22,25)(H,23,24). The highest BCUT2D eigenvalue weighted by molar-refractivity contribution is 7.90. The van der Waals surface area contributed by atoms with Crippen molar-refractivity contribution in [2.45, 2.75) is 37.2 Å². The van der Waals surface area contributed by atoms with E-state index < -0.39 is 15.9 Å². The zero-order chi connectivity index (χ0) is 20.9. The van der Waals surface area contributed by atoms with Crippen LogP contribution in [0.4, 0.5) is 0 Å². The second-order valence-electron chi connectivity index (χ2n) is 6.64. The molecule has 2 aromatic rings. The maximum absolute atomic E-state index is 12.5. The molecule has 2 amide bonds. The molecule has 28 heavy (non-hydrogen) atoms. The Morgan fingerprint density at radius 3 is 2.00 bits per heavy atom. The molecular weight excluding hydrogens is 400 g/mol. The van der Waals surface area contributed by atoms with Crippen LogP contribution in [0.15, 0.2) is 53.4 Å². The van der Waals surface area contributed by atoms with Crippen molar-refractivity contribution >= 4 is 33.3 Å².